The highest BCUT2D eigenvalue weighted by Crippen LogP contribution is 2.24. The summed E-state index contributed by atoms with van der Waals surface area (Å²) in [4.78, 5) is 5.61. The van der Waals surface area contributed by atoms with Gasteiger partial charge in [0.15, 0.2) is 0 Å². The zero-order valence-electron chi connectivity index (χ0n) is 10.5. The molecule has 2 heterocycles. The standard InChI is InChI=1S/C13H15NS.CH5N/c1-2-3-5-11-8-12(10-14-9-11)13-6-4-7-15-13;1-2/h4,6-10H,2-3,5H2,1H3;2H2,1H3. The van der Waals surface area contributed by atoms with Crippen molar-refractivity contribution in [1.82, 2.24) is 4.98 Å². The molecule has 0 saturated heterocycles. The Labute approximate surface area is 108 Å². The lowest BCUT2D eigenvalue weighted by atomic mass is 10.1. The molecule has 0 spiro atoms. The second-order valence-electron chi connectivity index (χ2n) is 3.66. The van der Waals surface area contributed by atoms with Crippen LogP contribution in [0.4, 0.5) is 0 Å². The van der Waals surface area contributed by atoms with Crippen molar-refractivity contribution < 1.29 is 0 Å². The Morgan fingerprint density at radius 3 is 2.76 bits per heavy atom. The maximum absolute atomic E-state index is 4.50. The van der Waals surface area contributed by atoms with E-state index in [4.69, 9.17) is 0 Å². The van der Waals surface area contributed by atoms with Crippen molar-refractivity contribution in [3.05, 3.63) is 41.5 Å². The van der Waals surface area contributed by atoms with E-state index in [1.165, 1.54) is 35.9 Å². The molecule has 0 saturated carbocycles. The van der Waals surface area contributed by atoms with Gasteiger partial charge in [0.05, 0.1) is 0 Å². The van der Waals surface area contributed by atoms with Crippen molar-refractivity contribution in [2.45, 2.75) is 26.2 Å². The maximum atomic E-state index is 4.50. The predicted molar refractivity (Wildman–Crippen MR) is 76.3 cm³/mol. The summed E-state index contributed by atoms with van der Waals surface area (Å²) in [6.07, 6.45) is 7.55. The molecule has 0 fully saturated rings. The summed E-state index contributed by atoms with van der Waals surface area (Å²) in [5.74, 6) is 0. The second-order valence-corrected chi connectivity index (χ2v) is 4.61. The molecule has 17 heavy (non-hydrogen) atoms. The first-order chi connectivity index (χ1) is 8.40. The monoisotopic (exact) mass is 248 g/mol. The number of hydrogen-bond acceptors (Lipinski definition) is 3. The lowest BCUT2D eigenvalue weighted by molar-refractivity contribution is 0.792. The van der Waals surface area contributed by atoms with E-state index < -0.39 is 0 Å². The highest BCUT2D eigenvalue weighted by molar-refractivity contribution is 7.13. The van der Waals surface area contributed by atoms with Crippen LogP contribution in [0.3, 0.4) is 0 Å². The van der Waals surface area contributed by atoms with Crippen molar-refractivity contribution in [2.24, 2.45) is 5.73 Å². The van der Waals surface area contributed by atoms with Gasteiger partial charge in [-0.05, 0) is 43.0 Å². The fraction of sp³-hybridized carbons (Fsp3) is 0.357. The van der Waals surface area contributed by atoms with E-state index in [0.717, 1.165) is 6.42 Å². The number of thiophene rings is 1. The minimum atomic E-state index is 1.14. The smallest absolute Gasteiger partial charge is 0.0358 e. The van der Waals surface area contributed by atoms with Gasteiger partial charge in [-0.3, -0.25) is 4.98 Å². The third kappa shape index (κ3) is 4.29. The molecule has 0 bridgehead atoms. The predicted octanol–water partition coefficient (Wildman–Crippen LogP) is 3.73. The van der Waals surface area contributed by atoms with Crippen LogP contribution < -0.4 is 5.73 Å². The Morgan fingerprint density at radius 1 is 1.29 bits per heavy atom. The Morgan fingerprint density at radius 2 is 2.12 bits per heavy atom. The van der Waals surface area contributed by atoms with Crippen molar-refractivity contribution in [3.8, 4) is 10.4 Å². The second kappa shape index (κ2) is 7.98. The van der Waals surface area contributed by atoms with Crippen LogP contribution in [0.15, 0.2) is 36.0 Å². The highest BCUT2D eigenvalue weighted by Gasteiger charge is 2.00. The van der Waals surface area contributed by atoms with Crippen LogP contribution >= 0.6 is 11.3 Å². The molecular weight excluding hydrogens is 228 g/mol. The fourth-order valence-corrected chi connectivity index (χ4v) is 2.29. The minimum Gasteiger partial charge on any atom is -0.333 e. The maximum Gasteiger partial charge on any atom is 0.0358 e. The molecule has 2 aromatic rings. The van der Waals surface area contributed by atoms with E-state index in [1.54, 1.807) is 11.3 Å². The number of nitrogens with zero attached hydrogens (tertiary/aromatic N) is 1. The van der Waals surface area contributed by atoms with Crippen LogP contribution in [-0.2, 0) is 6.42 Å². The average Bonchev–Trinajstić information content (AvgIpc) is 2.93. The minimum absolute atomic E-state index is 1.14. The van der Waals surface area contributed by atoms with Gasteiger partial charge in [0.1, 0.15) is 0 Å². The van der Waals surface area contributed by atoms with Gasteiger partial charge in [-0.15, -0.1) is 11.3 Å². The van der Waals surface area contributed by atoms with Gasteiger partial charge in [-0.25, -0.2) is 0 Å². The molecule has 0 atom stereocenters. The number of aromatic nitrogens is 1. The highest BCUT2D eigenvalue weighted by atomic mass is 32.1. The zero-order chi connectivity index (χ0) is 12.5. The molecule has 3 heteroatoms. The lowest BCUT2D eigenvalue weighted by Crippen LogP contribution is -1.87. The summed E-state index contributed by atoms with van der Waals surface area (Å²) in [5, 5.41) is 2.11. The average molecular weight is 248 g/mol. The van der Waals surface area contributed by atoms with Crippen molar-refractivity contribution in [1.29, 1.82) is 0 Å². The summed E-state index contributed by atoms with van der Waals surface area (Å²) in [5.41, 5.74) is 7.10. The summed E-state index contributed by atoms with van der Waals surface area (Å²) < 4.78 is 0. The van der Waals surface area contributed by atoms with Crippen LogP contribution in [0, 0.1) is 0 Å². The normalized spacial score (nSPS) is 9.59. The SMILES string of the molecule is CCCCc1cncc(-c2cccs2)c1.CN. The molecule has 2 rings (SSSR count). The molecule has 0 aromatic carbocycles. The van der Waals surface area contributed by atoms with Gasteiger partial charge in [0.2, 0.25) is 0 Å². The molecule has 0 aliphatic heterocycles. The molecule has 2 N–H and O–H groups in total. The summed E-state index contributed by atoms with van der Waals surface area (Å²) >= 11 is 1.77. The number of nitrogens with two attached hydrogens (primary N) is 1. The zero-order valence-corrected chi connectivity index (χ0v) is 11.3. The Balaban J connectivity index is 0.000000686. The summed E-state index contributed by atoms with van der Waals surface area (Å²) in [6, 6.07) is 6.48. The molecule has 2 nitrogen and oxygen atoms in total. The van der Waals surface area contributed by atoms with Crippen molar-refractivity contribution in [2.75, 3.05) is 7.05 Å². The number of rotatable bonds is 4. The van der Waals surface area contributed by atoms with E-state index in [0.29, 0.717) is 0 Å². The van der Waals surface area contributed by atoms with Crippen LogP contribution in [0.5, 0.6) is 0 Å². The first-order valence-corrected chi connectivity index (χ1v) is 6.83. The molecule has 0 aliphatic carbocycles. The van der Waals surface area contributed by atoms with Crippen molar-refractivity contribution in [3.63, 3.8) is 0 Å². The van der Waals surface area contributed by atoms with Gasteiger partial charge < -0.3 is 5.73 Å². The Kier molecular flexibility index (Phi) is 6.51. The van der Waals surface area contributed by atoms with Gasteiger partial charge in [-0.2, -0.15) is 0 Å². The van der Waals surface area contributed by atoms with Crippen molar-refractivity contribution >= 4 is 11.3 Å². The topological polar surface area (TPSA) is 38.9 Å². The summed E-state index contributed by atoms with van der Waals surface area (Å²) in [7, 11) is 1.50. The molecule has 0 amide bonds. The van der Waals surface area contributed by atoms with E-state index in [2.05, 4.69) is 41.2 Å². The van der Waals surface area contributed by atoms with E-state index in [1.807, 2.05) is 12.4 Å². The quantitative estimate of drug-likeness (QED) is 0.895. The molecule has 92 valence electrons. The van der Waals surface area contributed by atoms with E-state index in [-0.39, 0.29) is 0 Å². The molecule has 0 unspecified atom stereocenters. The first kappa shape index (κ1) is 13.9. The lowest BCUT2D eigenvalue weighted by Gasteiger charge is -2.02. The number of aryl methyl sites for hydroxylation is 1. The number of pyridine rings is 1. The third-order valence-corrected chi connectivity index (χ3v) is 3.34. The number of unbranched alkanes of at least 4 members (excludes halogenated alkanes) is 1. The fourth-order valence-electron chi connectivity index (χ4n) is 1.58. The largest absolute Gasteiger partial charge is 0.333 e. The summed E-state index contributed by atoms with van der Waals surface area (Å²) in [6.45, 7) is 2.22. The van der Waals surface area contributed by atoms with Gasteiger partial charge in [0.25, 0.3) is 0 Å². The van der Waals surface area contributed by atoms with Crippen LogP contribution in [0.1, 0.15) is 25.3 Å². The Bertz CT molecular complexity index is 410. The van der Waals surface area contributed by atoms with E-state index >= 15 is 0 Å². The molecule has 0 aliphatic rings. The molecule has 0 radical (unpaired) electrons. The van der Waals surface area contributed by atoms with Crippen LogP contribution in [-0.4, -0.2) is 12.0 Å². The van der Waals surface area contributed by atoms with Crippen LogP contribution in [0.25, 0.3) is 10.4 Å². The number of hydrogen-bond donors (Lipinski definition) is 1. The molecular formula is C14H20N2S. The van der Waals surface area contributed by atoms with Crippen LogP contribution in [0.2, 0.25) is 0 Å². The van der Waals surface area contributed by atoms with Gasteiger partial charge in [0, 0.05) is 22.8 Å². The Hall–Kier alpha value is -1.19. The van der Waals surface area contributed by atoms with E-state index in [9.17, 15) is 0 Å². The first-order valence-electron chi connectivity index (χ1n) is 5.95. The van der Waals surface area contributed by atoms with Gasteiger partial charge >= 0.3 is 0 Å². The molecule has 2 aromatic heterocycles. The third-order valence-electron chi connectivity index (χ3n) is 2.42. The van der Waals surface area contributed by atoms with Gasteiger partial charge in [-0.1, -0.05) is 19.4 Å².